The van der Waals surface area contributed by atoms with Gasteiger partial charge in [0.1, 0.15) is 11.6 Å². The van der Waals surface area contributed by atoms with Crippen LogP contribution in [0.1, 0.15) is 55.0 Å². The molecule has 3 aliphatic rings. The maximum atomic E-state index is 14.5. The molecule has 9 heteroatoms. The SMILES string of the molecule is COc1cccc(F)c1CN1C[C@@H](NC(=O)C2CCC3NNC(c4ccnc(C)c4)C3C2)CCC1=O. The number of hydrazine groups is 1. The first-order chi connectivity index (χ1) is 17.4. The summed E-state index contributed by atoms with van der Waals surface area (Å²) in [5, 5.41) is 3.20. The predicted octanol–water partition coefficient (Wildman–Crippen LogP) is 2.78. The molecule has 2 amide bonds. The van der Waals surface area contributed by atoms with Crippen molar-refractivity contribution in [2.75, 3.05) is 13.7 Å². The highest BCUT2D eigenvalue weighted by molar-refractivity contribution is 5.80. The number of piperidine rings is 1. The quantitative estimate of drug-likeness (QED) is 0.571. The van der Waals surface area contributed by atoms with Gasteiger partial charge in [-0.1, -0.05) is 6.07 Å². The summed E-state index contributed by atoms with van der Waals surface area (Å²) in [6, 6.07) is 9.12. The molecule has 0 radical (unpaired) electrons. The first-order valence-corrected chi connectivity index (χ1v) is 12.8. The number of hydrogen-bond acceptors (Lipinski definition) is 6. The van der Waals surface area contributed by atoms with Crippen molar-refractivity contribution in [3.8, 4) is 5.75 Å². The van der Waals surface area contributed by atoms with E-state index in [0.29, 0.717) is 42.7 Å². The van der Waals surface area contributed by atoms with E-state index in [0.717, 1.165) is 25.0 Å². The fourth-order valence-electron chi connectivity index (χ4n) is 5.97. The van der Waals surface area contributed by atoms with Crippen molar-refractivity contribution in [3.05, 3.63) is 59.2 Å². The monoisotopic (exact) mass is 495 g/mol. The van der Waals surface area contributed by atoms with E-state index in [1.807, 2.05) is 19.2 Å². The molecule has 5 rings (SSSR count). The number of carbonyl (C=O) groups is 2. The van der Waals surface area contributed by atoms with E-state index in [9.17, 15) is 14.0 Å². The highest BCUT2D eigenvalue weighted by atomic mass is 19.1. The number of hydrogen-bond donors (Lipinski definition) is 3. The van der Waals surface area contributed by atoms with Crippen LogP contribution in [-0.2, 0) is 16.1 Å². The third-order valence-corrected chi connectivity index (χ3v) is 7.89. The Bertz CT molecular complexity index is 1130. The van der Waals surface area contributed by atoms with Crippen molar-refractivity contribution in [3.63, 3.8) is 0 Å². The van der Waals surface area contributed by atoms with Crippen LogP contribution in [0.25, 0.3) is 0 Å². The second-order valence-electron chi connectivity index (χ2n) is 10.2. The number of methoxy groups -OCH3 is 1. The fourth-order valence-corrected chi connectivity index (χ4v) is 5.97. The normalized spacial score (nSPS) is 28.0. The van der Waals surface area contributed by atoms with Gasteiger partial charge in [0.2, 0.25) is 11.8 Å². The Morgan fingerprint density at radius 2 is 2.11 bits per heavy atom. The van der Waals surface area contributed by atoms with Crippen LogP contribution in [-0.4, -0.2) is 47.4 Å². The summed E-state index contributed by atoms with van der Waals surface area (Å²) in [5.74, 6) is 0.273. The Labute approximate surface area is 211 Å². The molecule has 36 heavy (non-hydrogen) atoms. The molecule has 0 spiro atoms. The summed E-state index contributed by atoms with van der Waals surface area (Å²) in [4.78, 5) is 31.8. The van der Waals surface area contributed by atoms with Crippen LogP contribution < -0.4 is 20.9 Å². The van der Waals surface area contributed by atoms with Gasteiger partial charge in [-0.05, 0) is 68.4 Å². The number of pyridine rings is 1. The zero-order valence-electron chi connectivity index (χ0n) is 20.8. The number of likely N-dealkylation sites (tertiary alicyclic amines) is 1. The van der Waals surface area contributed by atoms with Crippen LogP contribution in [0.15, 0.2) is 36.5 Å². The molecule has 1 saturated carbocycles. The number of rotatable bonds is 6. The number of carbonyl (C=O) groups excluding carboxylic acids is 2. The van der Waals surface area contributed by atoms with Gasteiger partial charge < -0.3 is 15.0 Å². The van der Waals surface area contributed by atoms with Crippen LogP contribution in [0, 0.1) is 24.6 Å². The minimum absolute atomic E-state index is 0.0371. The molecule has 3 fully saturated rings. The van der Waals surface area contributed by atoms with Gasteiger partial charge in [0.25, 0.3) is 0 Å². The molecule has 1 aliphatic carbocycles. The minimum Gasteiger partial charge on any atom is -0.496 e. The lowest BCUT2D eigenvalue weighted by Gasteiger charge is -2.36. The zero-order chi connectivity index (χ0) is 25.2. The molecule has 2 aromatic rings. The third kappa shape index (κ3) is 5.08. The number of amides is 2. The van der Waals surface area contributed by atoms with E-state index in [1.165, 1.54) is 18.7 Å². The molecular formula is C27H34FN5O3. The minimum atomic E-state index is -0.400. The molecular weight excluding hydrogens is 461 g/mol. The Hall–Kier alpha value is -3.04. The lowest BCUT2D eigenvalue weighted by molar-refractivity contribution is -0.137. The Balaban J connectivity index is 1.21. The van der Waals surface area contributed by atoms with Crippen LogP contribution in [0.4, 0.5) is 4.39 Å². The number of nitrogens with one attached hydrogen (secondary N) is 3. The number of nitrogens with zero attached hydrogens (tertiary/aromatic N) is 2. The van der Waals surface area contributed by atoms with Gasteiger partial charge in [-0.2, -0.15) is 0 Å². The highest BCUT2D eigenvalue weighted by Gasteiger charge is 2.43. The van der Waals surface area contributed by atoms with Crippen molar-refractivity contribution in [2.24, 2.45) is 11.8 Å². The number of aryl methyl sites for hydroxylation is 1. The number of ether oxygens (including phenoxy) is 1. The smallest absolute Gasteiger partial charge is 0.223 e. The molecule has 2 saturated heterocycles. The molecule has 8 nitrogen and oxygen atoms in total. The van der Waals surface area contributed by atoms with Gasteiger partial charge in [-0.25, -0.2) is 9.82 Å². The number of benzene rings is 1. The van der Waals surface area contributed by atoms with Crippen LogP contribution in [0.2, 0.25) is 0 Å². The summed E-state index contributed by atoms with van der Waals surface area (Å²) in [7, 11) is 1.49. The first kappa shape index (κ1) is 24.6. The van der Waals surface area contributed by atoms with Gasteiger partial charge in [0.05, 0.1) is 19.7 Å². The van der Waals surface area contributed by atoms with Crippen LogP contribution >= 0.6 is 0 Å². The second-order valence-corrected chi connectivity index (χ2v) is 10.2. The Morgan fingerprint density at radius 1 is 1.25 bits per heavy atom. The second kappa shape index (κ2) is 10.5. The molecule has 1 aromatic heterocycles. The van der Waals surface area contributed by atoms with E-state index in [1.54, 1.807) is 17.0 Å². The number of aromatic nitrogens is 1. The first-order valence-electron chi connectivity index (χ1n) is 12.8. The maximum absolute atomic E-state index is 14.5. The lowest BCUT2D eigenvalue weighted by atomic mass is 9.74. The standard InChI is InChI=1S/C27H34FN5O3/c1-16-12-17(10-11-29-16)26-20-13-18(6-8-23(20)31-32-26)27(35)30-19-7-9-25(34)33(14-19)15-21-22(28)4-3-5-24(21)36-2/h3-5,10-12,18-20,23,26,31-32H,6-9,13-15H2,1-2H3,(H,30,35)/t18?,19-,20?,23?,26?/m0/s1. The van der Waals surface area contributed by atoms with Crippen molar-refractivity contribution < 1.29 is 18.7 Å². The van der Waals surface area contributed by atoms with Gasteiger partial charge in [-0.15, -0.1) is 0 Å². The fraction of sp³-hybridized carbons (Fsp3) is 0.519. The molecule has 5 atom stereocenters. The van der Waals surface area contributed by atoms with Crippen molar-refractivity contribution >= 4 is 11.8 Å². The van der Waals surface area contributed by atoms with Crippen LogP contribution in [0.3, 0.4) is 0 Å². The van der Waals surface area contributed by atoms with Crippen molar-refractivity contribution in [1.29, 1.82) is 0 Å². The van der Waals surface area contributed by atoms with E-state index >= 15 is 0 Å². The predicted molar refractivity (Wildman–Crippen MR) is 132 cm³/mol. The largest absolute Gasteiger partial charge is 0.496 e. The van der Waals surface area contributed by atoms with E-state index in [-0.39, 0.29) is 36.4 Å². The summed E-state index contributed by atoms with van der Waals surface area (Å²) in [6.45, 7) is 2.47. The van der Waals surface area contributed by atoms with Gasteiger partial charge in [-0.3, -0.25) is 20.0 Å². The van der Waals surface area contributed by atoms with Crippen molar-refractivity contribution in [1.82, 2.24) is 26.1 Å². The van der Waals surface area contributed by atoms with E-state index in [4.69, 9.17) is 4.74 Å². The average Bonchev–Trinajstić information content (AvgIpc) is 3.30. The summed E-state index contributed by atoms with van der Waals surface area (Å²) in [6.07, 6.45) is 5.30. The van der Waals surface area contributed by atoms with Crippen LogP contribution in [0.5, 0.6) is 5.75 Å². The molecule has 1 aromatic carbocycles. The van der Waals surface area contributed by atoms with Gasteiger partial charge >= 0.3 is 0 Å². The topological polar surface area (TPSA) is 95.6 Å². The zero-order valence-corrected chi connectivity index (χ0v) is 20.8. The summed E-state index contributed by atoms with van der Waals surface area (Å²) in [5.41, 5.74) is 9.39. The van der Waals surface area contributed by atoms with Gasteiger partial charge in [0.15, 0.2) is 0 Å². The molecule has 3 N–H and O–H groups in total. The Morgan fingerprint density at radius 3 is 2.92 bits per heavy atom. The molecule has 192 valence electrons. The molecule has 0 bridgehead atoms. The third-order valence-electron chi connectivity index (χ3n) is 7.89. The maximum Gasteiger partial charge on any atom is 0.223 e. The van der Waals surface area contributed by atoms with E-state index in [2.05, 4.69) is 27.2 Å². The molecule has 4 unspecified atom stereocenters. The average molecular weight is 496 g/mol. The van der Waals surface area contributed by atoms with Gasteiger partial charge in [0, 0.05) is 48.4 Å². The molecule has 2 aliphatic heterocycles. The molecule has 3 heterocycles. The Kier molecular flexibility index (Phi) is 7.20. The number of halogens is 1. The summed E-state index contributed by atoms with van der Waals surface area (Å²) >= 11 is 0. The highest BCUT2D eigenvalue weighted by Crippen LogP contribution is 2.40. The number of fused-ring (bicyclic) bond motifs is 1. The van der Waals surface area contributed by atoms with Crippen molar-refractivity contribution in [2.45, 2.75) is 63.7 Å². The summed E-state index contributed by atoms with van der Waals surface area (Å²) < 4.78 is 19.7. The van der Waals surface area contributed by atoms with E-state index < -0.39 is 5.82 Å². The lowest BCUT2D eigenvalue weighted by Crippen LogP contribution is -2.51.